The minimum atomic E-state index is -3.60. The summed E-state index contributed by atoms with van der Waals surface area (Å²) >= 11 is 0. The number of hydrogen-bond donors (Lipinski definition) is 1. The molecule has 0 unspecified atom stereocenters. The van der Waals surface area contributed by atoms with Crippen LogP contribution in [0, 0.1) is 0 Å². The molecule has 0 saturated heterocycles. The fraction of sp³-hybridized carbons (Fsp3) is 0.235. The fourth-order valence-electron chi connectivity index (χ4n) is 2.63. The van der Waals surface area contributed by atoms with Crippen LogP contribution in [-0.2, 0) is 10.0 Å². The molecule has 1 aliphatic rings. The summed E-state index contributed by atoms with van der Waals surface area (Å²) in [6.45, 7) is 3.75. The molecule has 1 aromatic heterocycles. The molecule has 0 atom stereocenters. The number of nitrogens with one attached hydrogen (secondary N) is 1. The highest BCUT2D eigenvalue weighted by atomic mass is 32.2. The molecule has 1 aliphatic heterocycles. The zero-order valence-corrected chi connectivity index (χ0v) is 14.4. The first-order valence-electron chi connectivity index (χ1n) is 7.41. The molecule has 3 rings (SSSR count). The van der Waals surface area contributed by atoms with Crippen molar-refractivity contribution in [3.8, 4) is 5.75 Å². The van der Waals surface area contributed by atoms with Crippen molar-refractivity contribution in [2.75, 3.05) is 7.05 Å². The average molecular weight is 346 g/mol. The Morgan fingerprint density at radius 3 is 2.58 bits per heavy atom. The van der Waals surface area contributed by atoms with Gasteiger partial charge in [-0.15, -0.1) is 0 Å². The van der Waals surface area contributed by atoms with Gasteiger partial charge in [0, 0.05) is 17.8 Å². The molecular weight excluding hydrogens is 328 g/mol. The highest BCUT2D eigenvalue weighted by molar-refractivity contribution is 7.89. The molecule has 0 bridgehead atoms. The van der Waals surface area contributed by atoms with Crippen LogP contribution in [0.4, 0.5) is 0 Å². The van der Waals surface area contributed by atoms with E-state index in [1.54, 1.807) is 24.4 Å². The molecule has 24 heavy (non-hydrogen) atoms. The summed E-state index contributed by atoms with van der Waals surface area (Å²) in [5.74, 6) is 0.531. The van der Waals surface area contributed by atoms with E-state index in [0.717, 1.165) is 0 Å². The molecule has 0 aliphatic carbocycles. The Morgan fingerprint density at radius 1 is 1.17 bits per heavy atom. The Balaban J connectivity index is 2.27. The highest BCUT2D eigenvalue weighted by Crippen LogP contribution is 2.37. The smallest absolute Gasteiger partial charge is 0.255 e. The number of hydrogen-bond acceptors (Lipinski definition) is 4. The maximum atomic E-state index is 12.2. The Bertz CT molecular complexity index is 988. The van der Waals surface area contributed by atoms with Crippen molar-refractivity contribution in [1.29, 1.82) is 0 Å². The van der Waals surface area contributed by atoms with E-state index in [0.29, 0.717) is 17.0 Å². The number of fused-ring (bicyclic) bond motifs is 1. The van der Waals surface area contributed by atoms with Gasteiger partial charge in [0.05, 0.1) is 10.6 Å². The third-order valence-electron chi connectivity index (χ3n) is 3.75. The summed E-state index contributed by atoms with van der Waals surface area (Å²) < 4.78 is 33.8. The van der Waals surface area contributed by atoms with E-state index in [1.807, 2.05) is 19.9 Å². The second-order valence-corrected chi connectivity index (χ2v) is 7.90. The first kappa shape index (κ1) is 16.5. The van der Waals surface area contributed by atoms with E-state index in [1.165, 1.54) is 29.8 Å². The third kappa shape index (κ3) is 2.88. The average Bonchev–Trinajstić information content (AvgIpc) is 2.53. The van der Waals surface area contributed by atoms with E-state index >= 15 is 0 Å². The highest BCUT2D eigenvalue weighted by Gasteiger charge is 2.29. The molecule has 1 aromatic carbocycles. The minimum Gasteiger partial charge on any atom is -0.483 e. The first-order chi connectivity index (χ1) is 11.2. The molecule has 126 valence electrons. The third-order valence-corrected chi connectivity index (χ3v) is 5.16. The number of rotatable bonds is 3. The second kappa shape index (κ2) is 5.61. The number of ether oxygens (including phenoxy) is 1. The Labute approximate surface area is 140 Å². The molecule has 1 N–H and O–H groups in total. The molecule has 0 saturated carbocycles. The van der Waals surface area contributed by atoms with Crippen LogP contribution >= 0.6 is 0 Å². The van der Waals surface area contributed by atoms with Crippen molar-refractivity contribution in [1.82, 2.24) is 9.29 Å². The van der Waals surface area contributed by atoms with Gasteiger partial charge in [-0.25, -0.2) is 13.1 Å². The number of sulfonamides is 1. The summed E-state index contributed by atoms with van der Waals surface area (Å²) in [7, 11) is -2.24. The number of pyridine rings is 1. The number of benzene rings is 1. The topological polar surface area (TPSA) is 77.4 Å². The van der Waals surface area contributed by atoms with Gasteiger partial charge in [-0.3, -0.25) is 9.36 Å². The van der Waals surface area contributed by atoms with E-state index in [-0.39, 0.29) is 10.5 Å². The van der Waals surface area contributed by atoms with Crippen LogP contribution in [0.2, 0.25) is 0 Å². The minimum absolute atomic E-state index is 0.113. The fourth-order valence-corrected chi connectivity index (χ4v) is 3.38. The van der Waals surface area contributed by atoms with Crippen LogP contribution < -0.4 is 15.0 Å². The molecule has 2 aromatic rings. The summed E-state index contributed by atoms with van der Waals surface area (Å²) in [6.07, 6.45) is 3.46. The van der Waals surface area contributed by atoms with Crippen molar-refractivity contribution in [3.63, 3.8) is 0 Å². The molecule has 2 heterocycles. The van der Waals surface area contributed by atoms with Crippen molar-refractivity contribution in [2.45, 2.75) is 24.3 Å². The zero-order chi connectivity index (χ0) is 17.5. The predicted octanol–water partition coefficient (Wildman–Crippen LogP) is 1.82. The van der Waals surface area contributed by atoms with Crippen LogP contribution in [0.25, 0.3) is 5.70 Å². The lowest BCUT2D eigenvalue weighted by atomic mass is 9.99. The van der Waals surface area contributed by atoms with Gasteiger partial charge in [0.25, 0.3) is 5.56 Å². The Kier molecular flexibility index (Phi) is 3.85. The first-order valence-corrected chi connectivity index (χ1v) is 8.90. The number of nitrogens with zero attached hydrogens (tertiary/aromatic N) is 1. The van der Waals surface area contributed by atoms with Crippen LogP contribution in [0.15, 0.2) is 58.4 Å². The lowest BCUT2D eigenvalue weighted by Gasteiger charge is -2.31. The molecule has 0 amide bonds. The van der Waals surface area contributed by atoms with E-state index in [2.05, 4.69) is 4.72 Å². The quantitative estimate of drug-likeness (QED) is 0.920. The number of aromatic nitrogens is 1. The van der Waals surface area contributed by atoms with Gasteiger partial charge < -0.3 is 4.74 Å². The van der Waals surface area contributed by atoms with E-state index in [4.69, 9.17) is 4.74 Å². The summed E-state index contributed by atoms with van der Waals surface area (Å²) in [5, 5.41) is 0. The SMILES string of the molecule is CNS(=O)(=O)c1ccc2c(c1)C(n1ccccc1=O)=CC(C)(C)O2. The lowest BCUT2D eigenvalue weighted by molar-refractivity contribution is 0.157. The molecule has 0 fully saturated rings. The van der Waals surface area contributed by atoms with Crippen molar-refractivity contribution < 1.29 is 13.2 Å². The van der Waals surface area contributed by atoms with Crippen LogP contribution in [-0.4, -0.2) is 25.6 Å². The van der Waals surface area contributed by atoms with Crippen molar-refractivity contribution in [2.24, 2.45) is 0 Å². The van der Waals surface area contributed by atoms with Gasteiger partial charge in [-0.05, 0) is 51.2 Å². The van der Waals surface area contributed by atoms with Gasteiger partial charge in [-0.1, -0.05) is 6.07 Å². The lowest BCUT2D eigenvalue weighted by Crippen LogP contribution is -2.32. The largest absolute Gasteiger partial charge is 0.483 e. The summed E-state index contributed by atoms with van der Waals surface area (Å²) in [6, 6.07) is 9.48. The Hall–Kier alpha value is -2.38. The summed E-state index contributed by atoms with van der Waals surface area (Å²) in [4.78, 5) is 12.3. The maximum absolute atomic E-state index is 12.2. The van der Waals surface area contributed by atoms with E-state index in [9.17, 15) is 13.2 Å². The van der Waals surface area contributed by atoms with Crippen LogP contribution in [0.1, 0.15) is 19.4 Å². The standard InChI is InChI=1S/C17H18N2O4S/c1-17(2)11-14(19-9-5-4-6-16(19)20)13-10-12(24(21,22)18-3)7-8-15(13)23-17/h4-11,18H,1-3H3. The van der Waals surface area contributed by atoms with Crippen LogP contribution in [0.5, 0.6) is 5.75 Å². The van der Waals surface area contributed by atoms with Gasteiger partial charge in [0.15, 0.2) is 0 Å². The second-order valence-electron chi connectivity index (χ2n) is 6.01. The molecule has 0 spiro atoms. The zero-order valence-electron chi connectivity index (χ0n) is 13.6. The normalized spacial score (nSPS) is 16.0. The van der Waals surface area contributed by atoms with Crippen molar-refractivity contribution in [3.05, 3.63) is 64.6 Å². The van der Waals surface area contributed by atoms with Gasteiger partial charge >= 0.3 is 0 Å². The van der Waals surface area contributed by atoms with Gasteiger partial charge in [0.2, 0.25) is 10.0 Å². The molecular formula is C17H18N2O4S. The van der Waals surface area contributed by atoms with Crippen LogP contribution in [0.3, 0.4) is 0 Å². The van der Waals surface area contributed by atoms with E-state index < -0.39 is 15.6 Å². The van der Waals surface area contributed by atoms with Gasteiger partial charge in [-0.2, -0.15) is 0 Å². The molecule has 6 nitrogen and oxygen atoms in total. The molecule has 7 heteroatoms. The Morgan fingerprint density at radius 2 is 1.92 bits per heavy atom. The predicted molar refractivity (Wildman–Crippen MR) is 91.5 cm³/mol. The summed E-state index contributed by atoms with van der Waals surface area (Å²) in [5.41, 5.74) is 0.328. The van der Waals surface area contributed by atoms with Crippen molar-refractivity contribution >= 4 is 15.7 Å². The monoisotopic (exact) mass is 346 g/mol. The molecule has 0 radical (unpaired) electrons. The van der Waals surface area contributed by atoms with Gasteiger partial charge in [0.1, 0.15) is 11.4 Å². The maximum Gasteiger partial charge on any atom is 0.255 e.